The number of methoxy groups -OCH3 is 1. The van der Waals surface area contributed by atoms with Gasteiger partial charge in [-0.1, -0.05) is 0 Å². The highest BCUT2D eigenvalue weighted by Gasteiger charge is 2.06. The summed E-state index contributed by atoms with van der Waals surface area (Å²) < 4.78 is 4.72. The first-order valence-electron chi connectivity index (χ1n) is 3.07. The Morgan fingerprint density at radius 2 is 2.40 bits per heavy atom. The predicted octanol–water partition coefficient (Wildman–Crippen LogP) is -0.870. The monoisotopic (exact) mass is 147 g/mol. The summed E-state index contributed by atoms with van der Waals surface area (Å²) in [7, 11) is 1.52. The normalized spacial score (nSPS) is 12.7. The number of rotatable bonds is 4. The minimum Gasteiger partial charge on any atom is -0.394 e. The largest absolute Gasteiger partial charge is 0.394 e. The third-order valence-electron chi connectivity index (χ3n) is 0.996. The van der Waals surface area contributed by atoms with E-state index in [0.717, 1.165) is 0 Å². The van der Waals surface area contributed by atoms with Gasteiger partial charge >= 0.3 is 0 Å². The van der Waals surface area contributed by atoms with E-state index in [2.05, 4.69) is 5.32 Å². The van der Waals surface area contributed by atoms with Crippen LogP contribution < -0.4 is 5.32 Å². The first kappa shape index (κ1) is 9.39. The summed E-state index contributed by atoms with van der Waals surface area (Å²) >= 11 is 0. The van der Waals surface area contributed by atoms with Crippen LogP contribution in [0.3, 0.4) is 0 Å². The quantitative estimate of drug-likeness (QED) is 0.543. The molecule has 0 fully saturated rings. The maximum absolute atomic E-state index is 10.4. The van der Waals surface area contributed by atoms with E-state index in [9.17, 15) is 4.79 Å². The molecule has 0 heterocycles. The lowest BCUT2D eigenvalue weighted by Crippen LogP contribution is -2.39. The molecule has 0 aromatic rings. The number of ether oxygens (including phenoxy) is 1. The number of hydrogen-bond acceptors (Lipinski definition) is 3. The Morgan fingerprint density at radius 1 is 1.80 bits per heavy atom. The van der Waals surface area contributed by atoms with Crippen molar-refractivity contribution in [3.05, 3.63) is 0 Å². The number of carbonyl (C=O) groups excluding carboxylic acids is 1. The zero-order valence-corrected chi connectivity index (χ0v) is 6.26. The number of amides is 1. The molecule has 0 aromatic carbocycles. The molecule has 0 spiro atoms. The number of nitrogens with one attached hydrogen (secondary N) is 1. The molecule has 4 nitrogen and oxygen atoms in total. The molecule has 0 aliphatic carbocycles. The van der Waals surface area contributed by atoms with Crippen LogP contribution in [0.4, 0.5) is 0 Å². The molecule has 1 amide bonds. The van der Waals surface area contributed by atoms with E-state index in [4.69, 9.17) is 9.84 Å². The molecule has 60 valence electrons. The van der Waals surface area contributed by atoms with Gasteiger partial charge < -0.3 is 15.2 Å². The van der Waals surface area contributed by atoms with E-state index in [1.54, 1.807) is 0 Å². The van der Waals surface area contributed by atoms with Crippen LogP contribution in [-0.2, 0) is 9.53 Å². The lowest BCUT2D eigenvalue weighted by Gasteiger charge is -2.12. The maximum atomic E-state index is 10.4. The van der Waals surface area contributed by atoms with Crippen LogP contribution in [0.1, 0.15) is 6.92 Å². The van der Waals surface area contributed by atoms with Gasteiger partial charge in [-0.25, -0.2) is 0 Å². The van der Waals surface area contributed by atoms with Gasteiger partial charge in [-0.05, 0) is 0 Å². The summed E-state index contributed by atoms with van der Waals surface area (Å²) in [6, 6.07) is -0.275. The van der Waals surface area contributed by atoms with Gasteiger partial charge in [-0.2, -0.15) is 0 Å². The second-order valence-electron chi connectivity index (χ2n) is 2.04. The highest BCUT2D eigenvalue weighted by Crippen LogP contribution is 1.81. The van der Waals surface area contributed by atoms with Crippen molar-refractivity contribution in [2.24, 2.45) is 0 Å². The van der Waals surface area contributed by atoms with E-state index in [-0.39, 0.29) is 18.6 Å². The third-order valence-corrected chi connectivity index (χ3v) is 0.996. The van der Waals surface area contributed by atoms with Gasteiger partial charge in [0.1, 0.15) is 0 Å². The van der Waals surface area contributed by atoms with Crippen molar-refractivity contribution >= 4 is 5.91 Å². The Balaban J connectivity index is 3.49. The molecular weight excluding hydrogens is 134 g/mol. The van der Waals surface area contributed by atoms with Gasteiger partial charge in [0.25, 0.3) is 0 Å². The molecule has 0 radical (unpaired) electrons. The Kier molecular flexibility index (Phi) is 4.88. The fraction of sp³-hybridized carbons (Fsp3) is 0.833. The Labute approximate surface area is 60.2 Å². The fourth-order valence-electron chi connectivity index (χ4n) is 0.629. The SMILES string of the molecule is COC[C@H](CO)NC(C)=O. The van der Waals surface area contributed by atoms with Crippen molar-refractivity contribution in [1.29, 1.82) is 0 Å². The first-order chi connectivity index (χ1) is 4.70. The van der Waals surface area contributed by atoms with E-state index in [1.807, 2.05) is 0 Å². The molecule has 0 rings (SSSR count). The standard InChI is InChI=1S/C6H13NO3/c1-5(9)7-6(3-8)4-10-2/h6,8H,3-4H2,1-2H3,(H,7,9)/t6-/m0/s1. The molecule has 10 heavy (non-hydrogen) atoms. The van der Waals surface area contributed by atoms with Crippen molar-refractivity contribution in [3.63, 3.8) is 0 Å². The van der Waals surface area contributed by atoms with Gasteiger partial charge in [-0.3, -0.25) is 4.79 Å². The second-order valence-corrected chi connectivity index (χ2v) is 2.04. The van der Waals surface area contributed by atoms with Gasteiger partial charge in [0.2, 0.25) is 5.91 Å². The predicted molar refractivity (Wildman–Crippen MR) is 36.6 cm³/mol. The van der Waals surface area contributed by atoms with E-state index >= 15 is 0 Å². The Morgan fingerprint density at radius 3 is 2.70 bits per heavy atom. The highest BCUT2D eigenvalue weighted by atomic mass is 16.5. The minimum absolute atomic E-state index is 0.0899. The lowest BCUT2D eigenvalue weighted by molar-refractivity contribution is -0.120. The molecule has 0 saturated carbocycles. The number of aliphatic hydroxyl groups is 1. The van der Waals surface area contributed by atoms with Crippen molar-refractivity contribution < 1.29 is 14.6 Å². The lowest BCUT2D eigenvalue weighted by atomic mass is 10.3. The molecule has 1 atom stereocenters. The topological polar surface area (TPSA) is 58.6 Å². The zero-order chi connectivity index (χ0) is 7.98. The van der Waals surface area contributed by atoms with E-state index in [1.165, 1.54) is 14.0 Å². The fourth-order valence-corrected chi connectivity index (χ4v) is 0.629. The highest BCUT2D eigenvalue weighted by molar-refractivity contribution is 5.73. The van der Waals surface area contributed by atoms with Crippen LogP contribution in [0.5, 0.6) is 0 Å². The zero-order valence-electron chi connectivity index (χ0n) is 6.26. The summed E-state index contributed by atoms with van der Waals surface area (Å²) in [6.07, 6.45) is 0. The molecule has 0 aromatic heterocycles. The van der Waals surface area contributed by atoms with Gasteiger partial charge in [0.05, 0.1) is 19.3 Å². The van der Waals surface area contributed by atoms with E-state index < -0.39 is 0 Å². The number of carbonyl (C=O) groups is 1. The van der Waals surface area contributed by atoms with Crippen molar-refractivity contribution in [2.45, 2.75) is 13.0 Å². The van der Waals surface area contributed by atoms with Crippen molar-refractivity contribution in [1.82, 2.24) is 5.32 Å². The van der Waals surface area contributed by atoms with Crippen molar-refractivity contribution in [2.75, 3.05) is 20.3 Å². The number of aliphatic hydroxyl groups excluding tert-OH is 1. The van der Waals surface area contributed by atoms with Gasteiger partial charge in [-0.15, -0.1) is 0 Å². The molecule has 0 saturated heterocycles. The van der Waals surface area contributed by atoms with Crippen LogP contribution in [0.15, 0.2) is 0 Å². The van der Waals surface area contributed by atoms with Crippen molar-refractivity contribution in [3.8, 4) is 0 Å². The average molecular weight is 147 g/mol. The molecule has 0 aliphatic rings. The minimum atomic E-state index is -0.275. The molecule has 0 unspecified atom stereocenters. The first-order valence-corrected chi connectivity index (χ1v) is 3.07. The smallest absolute Gasteiger partial charge is 0.217 e. The summed E-state index contributed by atoms with van der Waals surface area (Å²) in [5, 5.41) is 11.1. The van der Waals surface area contributed by atoms with Crippen LogP contribution >= 0.6 is 0 Å². The van der Waals surface area contributed by atoms with Crippen LogP contribution in [0.25, 0.3) is 0 Å². The van der Waals surface area contributed by atoms with Gasteiger partial charge in [0, 0.05) is 14.0 Å². The average Bonchev–Trinajstić information content (AvgIpc) is 1.86. The Bertz CT molecular complexity index is 105. The van der Waals surface area contributed by atoms with Gasteiger partial charge in [0.15, 0.2) is 0 Å². The second kappa shape index (κ2) is 5.20. The molecular formula is C6H13NO3. The summed E-state index contributed by atoms with van der Waals surface area (Å²) in [4.78, 5) is 10.4. The summed E-state index contributed by atoms with van der Waals surface area (Å²) in [6.45, 7) is 1.65. The maximum Gasteiger partial charge on any atom is 0.217 e. The third kappa shape index (κ3) is 4.29. The van der Waals surface area contributed by atoms with Crippen LogP contribution in [0, 0.1) is 0 Å². The summed E-state index contributed by atoms with van der Waals surface area (Å²) in [5.74, 6) is -0.156. The van der Waals surface area contributed by atoms with Crippen LogP contribution in [-0.4, -0.2) is 37.4 Å². The summed E-state index contributed by atoms with van der Waals surface area (Å²) in [5.41, 5.74) is 0. The molecule has 0 bridgehead atoms. The molecule has 4 heteroatoms. The molecule has 2 N–H and O–H groups in total. The molecule has 0 aliphatic heterocycles. The number of hydrogen-bond donors (Lipinski definition) is 2. The van der Waals surface area contributed by atoms with E-state index in [0.29, 0.717) is 6.61 Å². The van der Waals surface area contributed by atoms with Crippen LogP contribution in [0.2, 0.25) is 0 Å². The Hall–Kier alpha value is -0.610.